The molecule has 2 aromatic rings. The Morgan fingerprint density at radius 3 is 2.94 bits per heavy atom. The third kappa shape index (κ3) is 1.61. The van der Waals surface area contributed by atoms with Crippen LogP contribution in [0.2, 0.25) is 0 Å². The molecule has 82 valence electrons. The lowest BCUT2D eigenvalue weighted by Crippen LogP contribution is -1.85. The molecule has 0 aliphatic heterocycles. The molecule has 16 heavy (non-hydrogen) atoms. The molecule has 3 heteroatoms. The molecule has 0 radical (unpaired) electrons. The van der Waals surface area contributed by atoms with E-state index in [4.69, 9.17) is 4.74 Å². The van der Waals surface area contributed by atoms with Crippen molar-refractivity contribution in [2.75, 3.05) is 7.11 Å². The Morgan fingerprint density at radius 2 is 2.12 bits per heavy atom. The quantitative estimate of drug-likeness (QED) is 0.791. The Bertz CT molecular complexity index is 518. The van der Waals surface area contributed by atoms with Crippen molar-refractivity contribution in [3.05, 3.63) is 34.7 Å². The summed E-state index contributed by atoms with van der Waals surface area (Å²) in [4.78, 5) is 4.42. The molecule has 0 amide bonds. The maximum Gasteiger partial charge on any atom is 0.224 e. The van der Waals surface area contributed by atoms with Gasteiger partial charge in [-0.05, 0) is 36.5 Å². The minimum absolute atomic E-state index is 0.709. The molecule has 1 aromatic heterocycles. The van der Waals surface area contributed by atoms with Gasteiger partial charge in [-0.2, -0.15) is 0 Å². The van der Waals surface area contributed by atoms with Gasteiger partial charge in [-0.25, -0.2) is 4.98 Å². The highest BCUT2D eigenvalue weighted by molar-refractivity contribution is 7.13. The highest BCUT2D eigenvalue weighted by Crippen LogP contribution is 2.31. The number of aromatic nitrogens is 1. The Balaban J connectivity index is 2.00. The molecular formula is C13H13NOS. The van der Waals surface area contributed by atoms with E-state index in [-0.39, 0.29) is 0 Å². The molecule has 1 aliphatic rings. The van der Waals surface area contributed by atoms with Gasteiger partial charge in [0.25, 0.3) is 0 Å². The summed E-state index contributed by atoms with van der Waals surface area (Å²) in [6, 6.07) is 6.69. The number of benzene rings is 1. The maximum absolute atomic E-state index is 5.11. The van der Waals surface area contributed by atoms with Crippen molar-refractivity contribution in [1.82, 2.24) is 4.98 Å². The fourth-order valence-corrected chi connectivity index (χ4v) is 2.96. The first-order chi connectivity index (χ1) is 7.86. The van der Waals surface area contributed by atoms with Gasteiger partial charge in [0.15, 0.2) is 0 Å². The van der Waals surface area contributed by atoms with E-state index in [1.165, 1.54) is 36.0 Å². The summed E-state index contributed by atoms with van der Waals surface area (Å²) < 4.78 is 5.11. The third-order valence-electron chi connectivity index (χ3n) is 3.04. The van der Waals surface area contributed by atoms with Gasteiger partial charge in [0.05, 0.1) is 12.5 Å². The number of nitrogens with zero attached hydrogens (tertiary/aromatic N) is 1. The van der Waals surface area contributed by atoms with Crippen LogP contribution >= 0.6 is 11.3 Å². The Kier molecular flexibility index (Phi) is 2.40. The molecule has 0 atom stereocenters. The van der Waals surface area contributed by atoms with Crippen LogP contribution in [-0.2, 0) is 12.8 Å². The van der Waals surface area contributed by atoms with Crippen molar-refractivity contribution in [1.29, 1.82) is 0 Å². The van der Waals surface area contributed by atoms with Gasteiger partial charge in [-0.3, -0.25) is 0 Å². The predicted molar refractivity (Wildman–Crippen MR) is 66.1 cm³/mol. The Labute approximate surface area is 98.9 Å². The topological polar surface area (TPSA) is 22.1 Å². The van der Waals surface area contributed by atoms with E-state index < -0.39 is 0 Å². The molecule has 0 unspecified atom stereocenters. The molecule has 2 nitrogen and oxygen atoms in total. The summed E-state index contributed by atoms with van der Waals surface area (Å²) in [5.74, 6) is 0.709. The number of hydrogen-bond acceptors (Lipinski definition) is 3. The Morgan fingerprint density at radius 1 is 1.25 bits per heavy atom. The molecule has 0 saturated heterocycles. The average Bonchev–Trinajstić information content (AvgIpc) is 2.96. The van der Waals surface area contributed by atoms with Gasteiger partial charge in [-0.1, -0.05) is 12.1 Å². The second-order valence-corrected chi connectivity index (χ2v) is 4.89. The number of aryl methyl sites for hydroxylation is 2. The number of hydrogen-bond donors (Lipinski definition) is 0. The SMILES string of the molecule is COc1csc(-c2ccc3c(c2)CCC3)n1. The average molecular weight is 231 g/mol. The molecule has 1 aromatic carbocycles. The minimum Gasteiger partial charge on any atom is -0.480 e. The lowest BCUT2D eigenvalue weighted by atomic mass is 10.1. The van der Waals surface area contributed by atoms with E-state index in [1.807, 2.05) is 5.38 Å². The minimum atomic E-state index is 0.709. The van der Waals surface area contributed by atoms with Crippen molar-refractivity contribution in [2.45, 2.75) is 19.3 Å². The normalized spacial score (nSPS) is 13.8. The lowest BCUT2D eigenvalue weighted by molar-refractivity contribution is 0.401. The molecule has 0 bridgehead atoms. The molecule has 0 saturated carbocycles. The van der Waals surface area contributed by atoms with Crippen molar-refractivity contribution in [3.8, 4) is 16.5 Å². The molecule has 0 spiro atoms. The number of rotatable bonds is 2. The fraction of sp³-hybridized carbons (Fsp3) is 0.308. The standard InChI is InChI=1S/C13H13NOS/c1-15-12-8-16-13(14-12)11-6-5-9-3-2-4-10(9)7-11/h5-8H,2-4H2,1H3. The zero-order valence-corrected chi connectivity index (χ0v) is 10.0. The van der Waals surface area contributed by atoms with Crippen molar-refractivity contribution in [3.63, 3.8) is 0 Å². The zero-order chi connectivity index (χ0) is 11.0. The van der Waals surface area contributed by atoms with Gasteiger partial charge in [0.2, 0.25) is 5.88 Å². The van der Waals surface area contributed by atoms with Crippen molar-refractivity contribution in [2.24, 2.45) is 0 Å². The summed E-state index contributed by atoms with van der Waals surface area (Å²) in [6.45, 7) is 0. The molecule has 3 rings (SSSR count). The van der Waals surface area contributed by atoms with E-state index in [1.54, 1.807) is 18.4 Å². The number of fused-ring (bicyclic) bond motifs is 1. The summed E-state index contributed by atoms with van der Waals surface area (Å²) in [5, 5.41) is 2.99. The predicted octanol–water partition coefficient (Wildman–Crippen LogP) is 3.31. The summed E-state index contributed by atoms with van der Waals surface area (Å²) in [5.41, 5.74) is 4.22. The third-order valence-corrected chi connectivity index (χ3v) is 3.91. The van der Waals surface area contributed by atoms with Crippen LogP contribution in [0.1, 0.15) is 17.5 Å². The van der Waals surface area contributed by atoms with Crippen LogP contribution in [-0.4, -0.2) is 12.1 Å². The van der Waals surface area contributed by atoms with E-state index >= 15 is 0 Å². The molecular weight excluding hydrogens is 218 g/mol. The van der Waals surface area contributed by atoms with Gasteiger partial charge in [0.1, 0.15) is 5.01 Å². The van der Waals surface area contributed by atoms with Crippen LogP contribution in [0.15, 0.2) is 23.6 Å². The van der Waals surface area contributed by atoms with Gasteiger partial charge >= 0.3 is 0 Å². The molecule has 1 aliphatic carbocycles. The van der Waals surface area contributed by atoms with Crippen molar-refractivity contribution >= 4 is 11.3 Å². The highest BCUT2D eigenvalue weighted by atomic mass is 32.1. The van der Waals surface area contributed by atoms with E-state index in [0.717, 1.165) is 5.01 Å². The molecule has 0 N–H and O–H groups in total. The first-order valence-electron chi connectivity index (χ1n) is 5.48. The smallest absolute Gasteiger partial charge is 0.224 e. The number of methoxy groups -OCH3 is 1. The van der Waals surface area contributed by atoms with Gasteiger partial charge in [-0.15, -0.1) is 11.3 Å². The van der Waals surface area contributed by atoms with E-state index in [0.29, 0.717) is 5.88 Å². The zero-order valence-electron chi connectivity index (χ0n) is 9.19. The second kappa shape index (κ2) is 3.91. The Hall–Kier alpha value is -1.35. The van der Waals surface area contributed by atoms with Crippen LogP contribution < -0.4 is 4.74 Å². The summed E-state index contributed by atoms with van der Waals surface area (Å²) >= 11 is 1.64. The van der Waals surface area contributed by atoms with Gasteiger partial charge < -0.3 is 4.74 Å². The van der Waals surface area contributed by atoms with Crippen LogP contribution in [0.4, 0.5) is 0 Å². The fourth-order valence-electron chi connectivity index (χ4n) is 2.19. The number of ether oxygens (including phenoxy) is 1. The highest BCUT2D eigenvalue weighted by Gasteiger charge is 2.12. The molecule has 0 fully saturated rings. The first kappa shape index (κ1) is 9.85. The monoisotopic (exact) mass is 231 g/mol. The summed E-state index contributed by atoms with van der Waals surface area (Å²) in [7, 11) is 1.65. The van der Waals surface area contributed by atoms with E-state index in [9.17, 15) is 0 Å². The molecule has 1 heterocycles. The van der Waals surface area contributed by atoms with Crippen LogP contribution in [0.25, 0.3) is 10.6 Å². The van der Waals surface area contributed by atoms with Crippen LogP contribution in [0.5, 0.6) is 5.88 Å². The van der Waals surface area contributed by atoms with Crippen LogP contribution in [0.3, 0.4) is 0 Å². The largest absolute Gasteiger partial charge is 0.480 e. The lowest BCUT2D eigenvalue weighted by Gasteiger charge is -2.01. The maximum atomic E-state index is 5.11. The van der Waals surface area contributed by atoms with Crippen molar-refractivity contribution < 1.29 is 4.74 Å². The van der Waals surface area contributed by atoms with E-state index in [2.05, 4.69) is 23.2 Å². The number of thiazole rings is 1. The van der Waals surface area contributed by atoms with Gasteiger partial charge in [0, 0.05) is 5.56 Å². The van der Waals surface area contributed by atoms with Crippen LogP contribution in [0, 0.1) is 0 Å². The second-order valence-electron chi connectivity index (χ2n) is 4.03. The first-order valence-corrected chi connectivity index (χ1v) is 6.36. The summed E-state index contributed by atoms with van der Waals surface area (Å²) in [6.07, 6.45) is 3.74.